The second kappa shape index (κ2) is 4.81. The summed E-state index contributed by atoms with van der Waals surface area (Å²) in [7, 11) is 0. The predicted octanol–water partition coefficient (Wildman–Crippen LogP) is 1.49. The molecule has 0 radical (unpaired) electrons. The standard InChI is InChI=1S/C15H23N3O2/c1-9(2)18-7-11(16)5-13(18)15(20)17-6-10-3-4-14(19)12(10)8-17/h5,7,9-10,12,14,19H,3-4,6,8,16H2,1-2H3. The Morgan fingerprint density at radius 2 is 2.15 bits per heavy atom. The van der Waals surface area contributed by atoms with Crippen molar-refractivity contribution in [1.82, 2.24) is 9.47 Å². The summed E-state index contributed by atoms with van der Waals surface area (Å²) in [4.78, 5) is 14.6. The Hall–Kier alpha value is -1.49. The highest BCUT2D eigenvalue weighted by molar-refractivity contribution is 5.94. The summed E-state index contributed by atoms with van der Waals surface area (Å²) < 4.78 is 1.93. The Kier molecular flexibility index (Phi) is 3.24. The summed E-state index contributed by atoms with van der Waals surface area (Å²) in [6.45, 7) is 5.52. The topological polar surface area (TPSA) is 71.5 Å². The molecular formula is C15H23N3O2. The number of nitrogens with two attached hydrogens (primary N) is 1. The molecule has 2 aliphatic rings. The van der Waals surface area contributed by atoms with Gasteiger partial charge in [-0.15, -0.1) is 0 Å². The number of anilines is 1. The first-order valence-electron chi connectivity index (χ1n) is 7.42. The molecule has 0 aromatic carbocycles. The van der Waals surface area contributed by atoms with Gasteiger partial charge in [0.15, 0.2) is 0 Å². The van der Waals surface area contributed by atoms with Crippen molar-refractivity contribution in [3.8, 4) is 0 Å². The molecule has 3 rings (SSSR count). The van der Waals surface area contributed by atoms with E-state index < -0.39 is 0 Å². The lowest BCUT2D eigenvalue weighted by atomic mass is 10.00. The molecule has 1 saturated carbocycles. The van der Waals surface area contributed by atoms with Gasteiger partial charge < -0.3 is 20.3 Å². The average molecular weight is 277 g/mol. The molecule has 1 saturated heterocycles. The van der Waals surface area contributed by atoms with E-state index in [9.17, 15) is 9.90 Å². The molecule has 1 aliphatic carbocycles. The third-order valence-electron chi connectivity index (χ3n) is 4.75. The van der Waals surface area contributed by atoms with Crippen LogP contribution < -0.4 is 5.73 Å². The highest BCUT2D eigenvalue weighted by Crippen LogP contribution is 2.38. The first-order valence-corrected chi connectivity index (χ1v) is 7.42. The van der Waals surface area contributed by atoms with Gasteiger partial charge in [-0.1, -0.05) is 0 Å². The number of amides is 1. The van der Waals surface area contributed by atoms with Crippen LogP contribution in [0.15, 0.2) is 12.3 Å². The third kappa shape index (κ3) is 2.10. The van der Waals surface area contributed by atoms with Crippen LogP contribution in [0.4, 0.5) is 5.69 Å². The van der Waals surface area contributed by atoms with E-state index in [-0.39, 0.29) is 24.0 Å². The lowest BCUT2D eigenvalue weighted by Gasteiger charge is -2.20. The number of hydrogen-bond acceptors (Lipinski definition) is 3. The maximum absolute atomic E-state index is 12.7. The largest absolute Gasteiger partial charge is 0.397 e. The molecule has 0 spiro atoms. The van der Waals surface area contributed by atoms with Gasteiger partial charge in [-0.25, -0.2) is 0 Å². The zero-order valence-electron chi connectivity index (χ0n) is 12.1. The lowest BCUT2D eigenvalue weighted by molar-refractivity contribution is 0.0740. The van der Waals surface area contributed by atoms with Crippen molar-refractivity contribution < 1.29 is 9.90 Å². The van der Waals surface area contributed by atoms with E-state index in [1.165, 1.54) is 0 Å². The van der Waals surface area contributed by atoms with Crippen molar-refractivity contribution in [2.45, 2.75) is 38.8 Å². The fourth-order valence-electron chi connectivity index (χ4n) is 3.66. The minimum Gasteiger partial charge on any atom is -0.397 e. The molecule has 1 aliphatic heterocycles. The monoisotopic (exact) mass is 277 g/mol. The van der Waals surface area contributed by atoms with Crippen molar-refractivity contribution in [3.63, 3.8) is 0 Å². The molecule has 5 heteroatoms. The van der Waals surface area contributed by atoms with Gasteiger partial charge in [0, 0.05) is 31.2 Å². The van der Waals surface area contributed by atoms with Crippen molar-refractivity contribution in [3.05, 3.63) is 18.0 Å². The number of aromatic nitrogens is 1. The summed E-state index contributed by atoms with van der Waals surface area (Å²) in [5.74, 6) is 0.768. The van der Waals surface area contributed by atoms with Gasteiger partial charge in [-0.3, -0.25) is 4.79 Å². The third-order valence-corrected chi connectivity index (χ3v) is 4.75. The van der Waals surface area contributed by atoms with E-state index in [2.05, 4.69) is 0 Å². The number of nitrogen functional groups attached to an aromatic ring is 1. The van der Waals surface area contributed by atoms with Crippen LogP contribution in [-0.2, 0) is 0 Å². The Morgan fingerprint density at radius 3 is 2.80 bits per heavy atom. The van der Waals surface area contributed by atoms with Crippen LogP contribution in [0.3, 0.4) is 0 Å². The van der Waals surface area contributed by atoms with Gasteiger partial charge in [0.2, 0.25) is 0 Å². The van der Waals surface area contributed by atoms with Gasteiger partial charge in [0.25, 0.3) is 5.91 Å². The molecule has 5 nitrogen and oxygen atoms in total. The van der Waals surface area contributed by atoms with Gasteiger partial charge in [0.1, 0.15) is 5.69 Å². The molecule has 20 heavy (non-hydrogen) atoms. The molecular weight excluding hydrogens is 254 g/mol. The van der Waals surface area contributed by atoms with E-state index in [4.69, 9.17) is 5.73 Å². The summed E-state index contributed by atoms with van der Waals surface area (Å²) in [5, 5.41) is 9.95. The van der Waals surface area contributed by atoms with Gasteiger partial charge >= 0.3 is 0 Å². The van der Waals surface area contributed by atoms with Gasteiger partial charge in [-0.05, 0) is 38.7 Å². The van der Waals surface area contributed by atoms with Crippen LogP contribution in [-0.4, -0.2) is 39.7 Å². The van der Waals surface area contributed by atoms with Crippen molar-refractivity contribution in [2.24, 2.45) is 11.8 Å². The summed E-state index contributed by atoms with van der Waals surface area (Å²) in [5.41, 5.74) is 7.12. The summed E-state index contributed by atoms with van der Waals surface area (Å²) >= 11 is 0. The van der Waals surface area contributed by atoms with Crippen LogP contribution in [0.25, 0.3) is 0 Å². The first kappa shape index (κ1) is 13.5. The van der Waals surface area contributed by atoms with Gasteiger partial charge in [-0.2, -0.15) is 0 Å². The minimum absolute atomic E-state index is 0.0389. The second-order valence-corrected chi connectivity index (χ2v) is 6.44. The maximum Gasteiger partial charge on any atom is 0.270 e. The Bertz CT molecular complexity index is 523. The molecule has 2 fully saturated rings. The van der Waals surface area contributed by atoms with Crippen LogP contribution >= 0.6 is 0 Å². The van der Waals surface area contributed by atoms with Crippen LogP contribution in [0.2, 0.25) is 0 Å². The van der Waals surface area contributed by atoms with Gasteiger partial charge in [0.05, 0.1) is 11.8 Å². The normalized spacial score (nSPS) is 29.2. The van der Waals surface area contributed by atoms with Crippen molar-refractivity contribution >= 4 is 11.6 Å². The number of nitrogens with zero attached hydrogens (tertiary/aromatic N) is 2. The van der Waals surface area contributed by atoms with Crippen molar-refractivity contribution in [1.29, 1.82) is 0 Å². The molecule has 3 N–H and O–H groups in total. The average Bonchev–Trinajstić information content (AvgIpc) is 3.05. The molecule has 110 valence electrons. The Labute approximate surface area is 119 Å². The predicted molar refractivity (Wildman–Crippen MR) is 77.4 cm³/mol. The molecule has 1 aromatic rings. The highest BCUT2D eigenvalue weighted by Gasteiger charge is 2.43. The van der Waals surface area contributed by atoms with E-state index in [1.54, 1.807) is 6.07 Å². The highest BCUT2D eigenvalue weighted by atomic mass is 16.3. The number of rotatable bonds is 2. The molecule has 3 atom stereocenters. The fraction of sp³-hybridized carbons (Fsp3) is 0.667. The number of carbonyl (C=O) groups is 1. The van der Waals surface area contributed by atoms with Crippen molar-refractivity contribution in [2.75, 3.05) is 18.8 Å². The smallest absolute Gasteiger partial charge is 0.270 e. The maximum atomic E-state index is 12.7. The van der Waals surface area contributed by atoms with Crippen LogP contribution in [0, 0.1) is 11.8 Å². The molecule has 2 heterocycles. The quantitative estimate of drug-likeness (QED) is 0.860. The van der Waals surface area contributed by atoms with E-state index in [1.807, 2.05) is 29.5 Å². The first-order chi connectivity index (χ1) is 9.47. The van der Waals surface area contributed by atoms with Crippen LogP contribution in [0.1, 0.15) is 43.2 Å². The van der Waals surface area contributed by atoms with E-state index in [0.29, 0.717) is 23.8 Å². The lowest BCUT2D eigenvalue weighted by Crippen LogP contribution is -2.32. The zero-order valence-corrected chi connectivity index (χ0v) is 12.1. The SMILES string of the molecule is CC(C)n1cc(N)cc1C(=O)N1CC2CCC(O)C2C1. The van der Waals surface area contributed by atoms with E-state index in [0.717, 1.165) is 19.4 Å². The molecule has 1 aromatic heterocycles. The molecule has 1 amide bonds. The summed E-state index contributed by atoms with van der Waals surface area (Å²) in [6, 6.07) is 1.96. The fourth-order valence-corrected chi connectivity index (χ4v) is 3.66. The number of aliphatic hydroxyl groups excluding tert-OH is 1. The molecule has 3 unspecified atom stereocenters. The summed E-state index contributed by atoms with van der Waals surface area (Å²) in [6.07, 6.45) is 3.50. The Morgan fingerprint density at radius 1 is 1.40 bits per heavy atom. The number of likely N-dealkylation sites (tertiary alicyclic amines) is 1. The van der Waals surface area contributed by atoms with Crippen LogP contribution in [0.5, 0.6) is 0 Å². The minimum atomic E-state index is -0.236. The van der Waals surface area contributed by atoms with E-state index >= 15 is 0 Å². The number of aliphatic hydroxyl groups is 1. The molecule has 0 bridgehead atoms. The number of carbonyl (C=O) groups excluding carboxylic acids is 1. The second-order valence-electron chi connectivity index (χ2n) is 6.44. The Balaban J connectivity index is 1.80. The zero-order chi connectivity index (χ0) is 14.4. The number of fused-ring (bicyclic) bond motifs is 1. The number of hydrogen-bond donors (Lipinski definition) is 2.